The summed E-state index contributed by atoms with van der Waals surface area (Å²) in [7, 11) is 0. The largest absolute Gasteiger partial charge is 0.336 e. The van der Waals surface area contributed by atoms with E-state index in [1.807, 2.05) is 31.2 Å². The Balaban J connectivity index is 2.52. The summed E-state index contributed by atoms with van der Waals surface area (Å²) in [6, 6.07) is 7.82. The van der Waals surface area contributed by atoms with Crippen LogP contribution in [0.3, 0.4) is 0 Å². The van der Waals surface area contributed by atoms with Crippen molar-refractivity contribution in [2.75, 3.05) is 19.6 Å². The topological polar surface area (TPSA) is 46.3 Å². The fourth-order valence-corrected chi connectivity index (χ4v) is 1.92. The summed E-state index contributed by atoms with van der Waals surface area (Å²) in [6.45, 7) is 1.81. The molecule has 5 heteroatoms. The van der Waals surface area contributed by atoms with Gasteiger partial charge in [0.2, 0.25) is 5.91 Å². The van der Waals surface area contributed by atoms with Crippen molar-refractivity contribution in [3.63, 3.8) is 0 Å². The average Bonchev–Trinajstić information content (AvgIpc) is 2.35. The highest BCUT2D eigenvalue weighted by molar-refractivity contribution is 5.76. The molecule has 2 N–H and O–H groups in total. The van der Waals surface area contributed by atoms with Gasteiger partial charge in [-0.25, -0.2) is 8.78 Å². The summed E-state index contributed by atoms with van der Waals surface area (Å²) in [5.41, 5.74) is 7.49. The van der Waals surface area contributed by atoms with E-state index in [1.54, 1.807) is 0 Å². The van der Waals surface area contributed by atoms with Crippen molar-refractivity contribution in [1.82, 2.24) is 4.90 Å². The van der Waals surface area contributed by atoms with Crippen molar-refractivity contribution in [3.05, 3.63) is 35.4 Å². The SMILES string of the molecule is Cc1cccc(CCC(=O)N(CCN)CC(F)F)c1. The number of hydrogen-bond acceptors (Lipinski definition) is 2. The van der Waals surface area contributed by atoms with Gasteiger partial charge in [-0.15, -0.1) is 0 Å². The minimum Gasteiger partial charge on any atom is -0.336 e. The van der Waals surface area contributed by atoms with Crippen LogP contribution in [0.2, 0.25) is 0 Å². The van der Waals surface area contributed by atoms with Crippen molar-refractivity contribution in [3.8, 4) is 0 Å². The fraction of sp³-hybridized carbons (Fsp3) is 0.500. The Morgan fingerprint density at radius 3 is 2.74 bits per heavy atom. The molecule has 1 aromatic carbocycles. The van der Waals surface area contributed by atoms with Crippen molar-refractivity contribution in [2.45, 2.75) is 26.2 Å². The quantitative estimate of drug-likeness (QED) is 0.823. The number of carbonyl (C=O) groups is 1. The number of hydrogen-bond donors (Lipinski definition) is 1. The van der Waals surface area contributed by atoms with Crippen molar-refractivity contribution in [2.24, 2.45) is 5.73 Å². The lowest BCUT2D eigenvalue weighted by molar-refractivity contribution is -0.133. The highest BCUT2D eigenvalue weighted by Gasteiger charge is 2.17. The van der Waals surface area contributed by atoms with Gasteiger partial charge in [0.15, 0.2) is 0 Å². The van der Waals surface area contributed by atoms with Crippen molar-refractivity contribution in [1.29, 1.82) is 0 Å². The summed E-state index contributed by atoms with van der Waals surface area (Å²) >= 11 is 0. The number of amides is 1. The lowest BCUT2D eigenvalue weighted by Gasteiger charge is -2.21. The van der Waals surface area contributed by atoms with E-state index >= 15 is 0 Å². The lowest BCUT2D eigenvalue weighted by atomic mass is 10.1. The molecule has 0 radical (unpaired) electrons. The molecule has 0 heterocycles. The van der Waals surface area contributed by atoms with Gasteiger partial charge >= 0.3 is 0 Å². The number of nitrogens with two attached hydrogens (primary N) is 1. The van der Waals surface area contributed by atoms with Crippen LogP contribution in [-0.2, 0) is 11.2 Å². The number of benzene rings is 1. The van der Waals surface area contributed by atoms with Gasteiger partial charge in [0.05, 0.1) is 6.54 Å². The molecular weight excluding hydrogens is 250 g/mol. The zero-order chi connectivity index (χ0) is 14.3. The van der Waals surface area contributed by atoms with Crippen LogP contribution in [0.25, 0.3) is 0 Å². The van der Waals surface area contributed by atoms with Crippen LogP contribution >= 0.6 is 0 Å². The molecule has 0 aliphatic heterocycles. The Labute approximate surface area is 112 Å². The van der Waals surface area contributed by atoms with Gasteiger partial charge < -0.3 is 10.6 Å². The molecule has 3 nitrogen and oxygen atoms in total. The van der Waals surface area contributed by atoms with Crippen molar-refractivity contribution < 1.29 is 13.6 Å². The second kappa shape index (κ2) is 7.84. The molecule has 0 aromatic heterocycles. The predicted molar refractivity (Wildman–Crippen MR) is 71.1 cm³/mol. The highest BCUT2D eigenvalue weighted by atomic mass is 19.3. The second-order valence-electron chi connectivity index (χ2n) is 4.51. The van der Waals surface area contributed by atoms with Gasteiger partial charge in [0.1, 0.15) is 0 Å². The summed E-state index contributed by atoms with van der Waals surface area (Å²) in [5, 5.41) is 0. The van der Waals surface area contributed by atoms with Gasteiger partial charge in [-0.05, 0) is 18.9 Å². The van der Waals surface area contributed by atoms with E-state index in [1.165, 1.54) is 0 Å². The maximum Gasteiger partial charge on any atom is 0.255 e. The molecule has 1 aromatic rings. The van der Waals surface area contributed by atoms with E-state index < -0.39 is 13.0 Å². The third-order valence-corrected chi connectivity index (χ3v) is 2.82. The van der Waals surface area contributed by atoms with Crippen LogP contribution in [0.5, 0.6) is 0 Å². The zero-order valence-electron chi connectivity index (χ0n) is 11.1. The molecule has 0 atom stereocenters. The average molecular weight is 270 g/mol. The lowest BCUT2D eigenvalue weighted by Crippen LogP contribution is -2.38. The summed E-state index contributed by atoms with van der Waals surface area (Å²) in [6.07, 6.45) is -1.73. The number of nitrogens with zero attached hydrogens (tertiary/aromatic N) is 1. The van der Waals surface area contributed by atoms with Crippen LogP contribution in [0.1, 0.15) is 17.5 Å². The normalized spacial score (nSPS) is 10.8. The minimum absolute atomic E-state index is 0.178. The summed E-state index contributed by atoms with van der Waals surface area (Å²) in [4.78, 5) is 13.0. The van der Waals surface area contributed by atoms with E-state index in [0.717, 1.165) is 16.0 Å². The fourth-order valence-electron chi connectivity index (χ4n) is 1.92. The molecule has 0 bridgehead atoms. The van der Waals surface area contributed by atoms with Gasteiger partial charge in [-0.1, -0.05) is 29.8 Å². The van der Waals surface area contributed by atoms with Crippen LogP contribution in [-0.4, -0.2) is 36.9 Å². The van der Waals surface area contributed by atoms with Crippen LogP contribution in [0, 0.1) is 6.92 Å². The molecule has 0 fully saturated rings. The molecule has 0 spiro atoms. The van der Waals surface area contributed by atoms with Gasteiger partial charge in [0, 0.05) is 19.5 Å². The van der Waals surface area contributed by atoms with Crippen molar-refractivity contribution >= 4 is 5.91 Å². The molecule has 1 amide bonds. The second-order valence-corrected chi connectivity index (χ2v) is 4.51. The van der Waals surface area contributed by atoms with Gasteiger partial charge in [-0.2, -0.15) is 0 Å². The van der Waals surface area contributed by atoms with Crippen LogP contribution in [0.4, 0.5) is 8.78 Å². The third kappa shape index (κ3) is 5.79. The summed E-state index contributed by atoms with van der Waals surface area (Å²) < 4.78 is 24.7. The number of carbonyl (C=O) groups excluding carboxylic acids is 1. The molecule has 0 saturated heterocycles. The maximum atomic E-state index is 12.4. The highest BCUT2D eigenvalue weighted by Crippen LogP contribution is 2.08. The van der Waals surface area contributed by atoms with E-state index in [0.29, 0.717) is 6.42 Å². The maximum absolute atomic E-state index is 12.4. The molecule has 106 valence electrons. The zero-order valence-corrected chi connectivity index (χ0v) is 11.1. The molecule has 19 heavy (non-hydrogen) atoms. The Morgan fingerprint density at radius 1 is 1.42 bits per heavy atom. The number of rotatable bonds is 7. The molecule has 1 rings (SSSR count). The van der Waals surface area contributed by atoms with Gasteiger partial charge in [-0.3, -0.25) is 4.79 Å². The number of halogens is 2. The summed E-state index contributed by atoms with van der Waals surface area (Å²) in [5.74, 6) is -0.271. The first-order valence-corrected chi connectivity index (χ1v) is 6.34. The third-order valence-electron chi connectivity index (χ3n) is 2.82. The molecular formula is C14H20F2N2O. The monoisotopic (exact) mass is 270 g/mol. The molecule has 0 saturated carbocycles. The standard InChI is InChI=1S/C14H20F2N2O/c1-11-3-2-4-12(9-11)5-6-14(19)18(8-7-17)10-13(15)16/h2-4,9,13H,5-8,10,17H2,1H3. The first-order chi connectivity index (χ1) is 9.02. The van der Waals surface area contributed by atoms with Crippen LogP contribution in [0.15, 0.2) is 24.3 Å². The smallest absolute Gasteiger partial charge is 0.255 e. The first-order valence-electron chi connectivity index (χ1n) is 6.34. The van der Waals surface area contributed by atoms with Crippen LogP contribution < -0.4 is 5.73 Å². The molecule has 0 aliphatic carbocycles. The van der Waals surface area contributed by atoms with Gasteiger partial charge in [0.25, 0.3) is 6.43 Å². The Morgan fingerprint density at radius 2 is 2.16 bits per heavy atom. The number of alkyl halides is 2. The van der Waals surface area contributed by atoms with E-state index in [-0.39, 0.29) is 25.4 Å². The Hall–Kier alpha value is -1.49. The van der Waals surface area contributed by atoms with E-state index in [9.17, 15) is 13.6 Å². The Kier molecular flexibility index (Phi) is 6.42. The van der Waals surface area contributed by atoms with E-state index in [2.05, 4.69) is 0 Å². The molecule has 0 unspecified atom stereocenters. The first kappa shape index (κ1) is 15.6. The van der Waals surface area contributed by atoms with E-state index in [4.69, 9.17) is 5.73 Å². The Bertz CT molecular complexity index is 410. The minimum atomic E-state index is -2.52. The number of aryl methyl sites for hydroxylation is 2. The predicted octanol–water partition coefficient (Wildman–Crippen LogP) is 1.98. The molecule has 0 aliphatic rings.